The number of rotatable bonds is 0. The minimum atomic E-state index is -0.499. The van der Waals surface area contributed by atoms with E-state index < -0.39 is 11.6 Å². The van der Waals surface area contributed by atoms with Gasteiger partial charge < -0.3 is 18.9 Å². The summed E-state index contributed by atoms with van der Waals surface area (Å²) in [4.78, 5) is 0. The third-order valence-electron chi connectivity index (χ3n) is 13.3. The van der Waals surface area contributed by atoms with E-state index in [-0.39, 0.29) is 40.0 Å². The van der Waals surface area contributed by atoms with Crippen LogP contribution in [0.15, 0.2) is 159 Å². The van der Waals surface area contributed by atoms with Gasteiger partial charge in [-0.1, -0.05) is 112 Å². The molecule has 0 aromatic heterocycles. The van der Waals surface area contributed by atoms with Crippen LogP contribution in [0.1, 0.15) is 62.2 Å². The van der Waals surface area contributed by atoms with E-state index in [4.69, 9.17) is 23.6 Å². The molecule has 4 aliphatic carbocycles. The number of benzene rings is 8. The van der Waals surface area contributed by atoms with Gasteiger partial charge in [-0.15, -0.1) is 13.2 Å². The van der Waals surface area contributed by atoms with Gasteiger partial charge in [-0.2, -0.15) is 0 Å². The Morgan fingerprint density at radius 3 is 0.817 bits per heavy atom. The Morgan fingerprint density at radius 1 is 0.383 bits per heavy atom. The molecule has 5 heteroatoms. The van der Waals surface area contributed by atoms with Gasteiger partial charge in [-0.05, 0) is 135 Å². The first-order chi connectivity index (χ1) is 28.6. The van der Waals surface area contributed by atoms with Crippen LogP contribution in [0.25, 0.3) is 64.6 Å². The SMILES string of the molecule is C.C.C1=CC2c3cc4cc5cc6c(cc5cc4cc3C1C21OCCO1)C1C=CC6C12OCCO2.C=C.[2HH].[C-]#[O+].c1ccc2cc3cc4cc5ccccc5cc4cc3cc2c1. The van der Waals surface area contributed by atoms with E-state index in [9.17, 15) is 0 Å². The van der Waals surface area contributed by atoms with E-state index in [1.807, 2.05) is 0 Å². The van der Waals surface area contributed by atoms with Gasteiger partial charge in [0.05, 0.1) is 50.1 Å². The topological polar surface area (TPSA) is 56.8 Å². The molecule has 2 saturated heterocycles. The van der Waals surface area contributed by atoms with Crippen molar-refractivity contribution in [1.29, 1.82) is 0 Å². The molecule has 8 aromatic rings. The predicted molar refractivity (Wildman–Crippen MR) is 247 cm³/mol. The van der Waals surface area contributed by atoms with Crippen LogP contribution in [-0.2, 0) is 23.6 Å². The average Bonchev–Trinajstić information content (AvgIpc) is 4.15. The quantitative estimate of drug-likeness (QED) is 0.0664. The van der Waals surface area contributed by atoms with Gasteiger partial charge >= 0.3 is 11.3 Å². The standard InChI is InChI=1S/C28H22O4.C22H14.C2H4.CO.2CH4.H2/c1-2-24-20-12-16-10-18-14-22-21(25-3-4-26(22)28(25)31-7-8-32-28)13-17(18)9-15(16)11-19(20)23(1)27(24)29-5-6-30-27;1-2-6-16-10-20-14-22-12-18-8-4-3-7-17(18)11-21(22)13-19(20)9-15(16)5-1;2*1-2;;;/h1-4,9-14,23-26H,5-8H2;1-14H;1-2H2;;2*1H4;1H/i;;;;;;1+1. The molecule has 4 atom stereocenters. The van der Waals surface area contributed by atoms with Crippen molar-refractivity contribution in [3.63, 3.8) is 0 Å². The minimum absolute atomic E-state index is 0. The average molecular weight is 792 g/mol. The molecular formula is C55H50O5. The normalized spacial score (nSPS) is 22.2. The molecule has 4 bridgehead atoms. The van der Waals surface area contributed by atoms with E-state index in [1.54, 1.807) is 0 Å². The van der Waals surface area contributed by atoms with E-state index in [0.717, 1.165) is 0 Å². The first-order valence-corrected chi connectivity index (χ1v) is 20.1. The summed E-state index contributed by atoms with van der Waals surface area (Å²) >= 11 is 0. The number of hydrogen-bond donors (Lipinski definition) is 0. The first-order valence-electron chi connectivity index (χ1n) is 20.1. The van der Waals surface area contributed by atoms with E-state index in [1.165, 1.54) is 86.9 Å². The Kier molecular flexibility index (Phi) is 9.89. The fraction of sp³-hybridized carbons (Fsp3) is 0.218. The number of fused-ring (bicyclic) bond motifs is 12. The molecule has 300 valence electrons. The Balaban J connectivity index is 0.000000157. The van der Waals surface area contributed by atoms with Crippen molar-refractivity contribution < 1.29 is 25.0 Å². The monoisotopic (exact) mass is 791 g/mol. The molecule has 0 N–H and O–H groups in total. The second-order valence-corrected chi connectivity index (χ2v) is 16.0. The van der Waals surface area contributed by atoms with Crippen molar-refractivity contribution in [2.45, 2.75) is 50.1 Å². The van der Waals surface area contributed by atoms with E-state index in [0.29, 0.717) is 26.4 Å². The molecule has 6 aliphatic rings. The second kappa shape index (κ2) is 15.0. The molecule has 2 spiro atoms. The third kappa shape index (κ3) is 5.59. The summed E-state index contributed by atoms with van der Waals surface area (Å²) in [6, 6.07) is 45.1. The summed E-state index contributed by atoms with van der Waals surface area (Å²) in [5, 5.41) is 15.6. The molecule has 0 amide bonds. The van der Waals surface area contributed by atoms with Crippen molar-refractivity contribution in [3.05, 3.63) is 188 Å². The van der Waals surface area contributed by atoms with Crippen LogP contribution in [0.3, 0.4) is 0 Å². The van der Waals surface area contributed by atoms with Crippen LogP contribution in [-0.4, -0.2) is 38.0 Å². The van der Waals surface area contributed by atoms with Crippen molar-refractivity contribution in [3.8, 4) is 0 Å². The molecule has 2 aliphatic heterocycles. The first kappa shape index (κ1) is 39.6. The summed E-state index contributed by atoms with van der Waals surface area (Å²) in [5.41, 5.74) is 5.45. The van der Waals surface area contributed by atoms with Crippen molar-refractivity contribution in [2.24, 2.45) is 0 Å². The summed E-state index contributed by atoms with van der Waals surface area (Å²) in [6.07, 6.45) is 9.12. The van der Waals surface area contributed by atoms with Gasteiger partial charge in [0.25, 0.3) is 0 Å². The molecule has 0 saturated carbocycles. The molecule has 4 unspecified atom stereocenters. The summed E-state index contributed by atoms with van der Waals surface area (Å²) in [6.45, 7) is 13.2. The maximum atomic E-state index is 7.50. The van der Waals surface area contributed by atoms with E-state index >= 15 is 0 Å². The molecule has 2 fully saturated rings. The Labute approximate surface area is 352 Å². The van der Waals surface area contributed by atoms with Crippen molar-refractivity contribution >= 4 is 64.6 Å². The molecule has 60 heavy (non-hydrogen) atoms. The zero-order chi connectivity index (χ0) is 39.2. The van der Waals surface area contributed by atoms with Crippen molar-refractivity contribution in [2.75, 3.05) is 26.4 Å². The number of hydrogen-bond acceptors (Lipinski definition) is 4. The van der Waals surface area contributed by atoms with Crippen LogP contribution in [0, 0.1) is 6.65 Å². The largest absolute Gasteiger partial charge is 0.0616 e. The zero-order valence-corrected chi connectivity index (χ0v) is 31.9. The Hall–Kier alpha value is -5.88. The summed E-state index contributed by atoms with van der Waals surface area (Å²) in [7, 11) is 0. The van der Waals surface area contributed by atoms with Gasteiger partial charge in [0.2, 0.25) is 0 Å². The van der Waals surface area contributed by atoms with Crippen LogP contribution in [0.2, 0.25) is 0 Å². The second-order valence-electron chi connectivity index (χ2n) is 16.0. The zero-order valence-electron chi connectivity index (χ0n) is 31.9. The van der Waals surface area contributed by atoms with Crippen LogP contribution < -0.4 is 0 Å². The molecule has 2 heterocycles. The molecule has 8 aromatic carbocycles. The van der Waals surface area contributed by atoms with Gasteiger partial charge in [-0.25, -0.2) is 0 Å². The third-order valence-corrected chi connectivity index (χ3v) is 13.3. The van der Waals surface area contributed by atoms with Crippen LogP contribution in [0.4, 0.5) is 0 Å². The fourth-order valence-electron chi connectivity index (χ4n) is 10.9. The molecular weight excluding hydrogens is 741 g/mol. The minimum Gasteiger partial charge on any atom is -0.0616 e. The molecule has 0 radical (unpaired) electrons. The summed E-state index contributed by atoms with van der Waals surface area (Å²) in [5.74, 6) is -0.211. The molecule has 14 rings (SSSR count). The van der Waals surface area contributed by atoms with Gasteiger partial charge in [-0.3, -0.25) is 0 Å². The molecule has 5 nitrogen and oxygen atoms in total. The van der Waals surface area contributed by atoms with Gasteiger partial charge in [0.15, 0.2) is 11.6 Å². The Morgan fingerprint density at radius 2 is 0.583 bits per heavy atom. The van der Waals surface area contributed by atoms with Gasteiger partial charge in [0.1, 0.15) is 0 Å². The van der Waals surface area contributed by atoms with Gasteiger partial charge in [0, 0.05) is 1.43 Å². The Bertz CT molecular complexity index is 2700. The maximum Gasteiger partial charge on any atom is -0.0171 e. The fourth-order valence-corrected chi connectivity index (χ4v) is 10.9. The summed E-state index contributed by atoms with van der Waals surface area (Å²) < 4.78 is 32.3. The van der Waals surface area contributed by atoms with Crippen molar-refractivity contribution in [1.82, 2.24) is 0 Å². The number of ether oxygens (including phenoxy) is 4. The maximum absolute atomic E-state index is 7.50. The van der Waals surface area contributed by atoms with Crippen LogP contribution >= 0.6 is 0 Å². The van der Waals surface area contributed by atoms with Crippen LogP contribution in [0.5, 0.6) is 0 Å². The predicted octanol–water partition coefficient (Wildman–Crippen LogP) is 13.6. The van der Waals surface area contributed by atoms with E-state index in [2.05, 4.69) is 165 Å². The smallest absolute Gasteiger partial charge is 0.0171 e.